The van der Waals surface area contributed by atoms with E-state index in [4.69, 9.17) is 10.5 Å². The molecule has 1 amide bonds. The summed E-state index contributed by atoms with van der Waals surface area (Å²) in [6, 6.07) is 5.42. The van der Waals surface area contributed by atoms with Crippen LogP contribution in [0.25, 0.3) is 0 Å². The van der Waals surface area contributed by atoms with E-state index >= 15 is 0 Å². The summed E-state index contributed by atoms with van der Waals surface area (Å²) in [7, 11) is 0. The first kappa shape index (κ1) is 21.8. The van der Waals surface area contributed by atoms with Gasteiger partial charge in [-0.3, -0.25) is 19.9 Å². The number of hydrogen-bond donors (Lipinski definition) is 2. The van der Waals surface area contributed by atoms with E-state index < -0.39 is 22.9 Å². The molecular weight excluding hydrogens is 412 g/mol. The Morgan fingerprint density at radius 2 is 2.20 bits per heavy atom. The number of nitro groups is 1. The van der Waals surface area contributed by atoms with E-state index in [2.05, 4.69) is 4.99 Å². The van der Waals surface area contributed by atoms with E-state index in [1.807, 2.05) is 0 Å². The van der Waals surface area contributed by atoms with Crippen molar-refractivity contribution < 1.29 is 24.4 Å². The van der Waals surface area contributed by atoms with Gasteiger partial charge >= 0.3 is 5.97 Å². The number of amides is 1. The number of carbonyl (C=O) groups excluding carboxylic acids is 2. The van der Waals surface area contributed by atoms with E-state index in [0.717, 1.165) is 4.91 Å². The van der Waals surface area contributed by atoms with Gasteiger partial charge in [-0.1, -0.05) is 0 Å². The minimum atomic E-state index is -0.803. The second kappa shape index (κ2) is 9.26. The molecule has 0 bridgehead atoms. The molecule has 2 heterocycles. The predicted octanol–water partition coefficient (Wildman–Crippen LogP) is 1.18. The van der Waals surface area contributed by atoms with Crippen molar-refractivity contribution in [2.45, 2.75) is 32.1 Å². The van der Waals surface area contributed by atoms with Crippen molar-refractivity contribution in [1.82, 2.24) is 4.90 Å². The molecule has 30 heavy (non-hydrogen) atoms. The maximum Gasteiger partial charge on any atom is 0.356 e. The third-order valence-corrected chi connectivity index (χ3v) is 6.10. The minimum Gasteiger partial charge on any atom is -0.456 e. The lowest BCUT2D eigenvalue weighted by atomic mass is 9.83. The lowest BCUT2D eigenvalue weighted by Gasteiger charge is -2.44. The Bertz CT molecular complexity index is 899. The summed E-state index contributed by atoms with van der Waals surface area (Å²) in [5.41, 5.74) is 5.97. The highest BCUT2D eigenvalue weighted by molar-refractivity contribution is 8.03. The summed E-state index contributed by atoms with van der Waals surface area (Å²) >= 11 is 1.41. The number of nitrogens with zero attached hydrogens (tertiary/aromatic N) is 3. The van der Waals surface area contributed by atoms with Crippen molar-refractivity contribution in [1.29, 1.82) is 0 Å². The second-order valence-electron chi connectivity index (χ2n) is 6.92. The fraction of sp³-hybridized carbons (Fsp3) is 0.421. The number of β-lactam (4-membered cyclic amide) rings is 1. The second-order valence-corrected chi connectivity index (χ2v) is 8.11. The summed E-state index contributed by atoms with van der Waals surface area (Å²) in [5.74, 6) is -0.899. The van der Waals surface area contributed by atoms with Gasteiger partial charge in [0.15, 0.2) is 0 Å². The van der Waals surface area contributed by atoms with Gasteiger partial charge in [0.05, 0.1) is 35.9 Å². The third kappa shape index (κ3) is 4.31. The molecule has 2 aliphatic heterocycles. The third-order valence-electron chi connectivity index (χ3n) is 5.00. The predicted molar refractivity (Wildman–Crippen MR) is 110 cm³/mol. The van der Waals surface area contributed by atoms with Crippen LogP contribution in [-0.4, -0.2) is 57.6 Å². The summed E-state index contributed by atoms with van der Waals surface area (Å²) in [6.07, 6.45) is 0.881. The molecule has 0 radical (unpaired) electrons. The van der Waals surface area contributed by atoms with Crippen molar-refractivity contribution in [3.8, 4) is 0 Å². The van der Waals surface area contributed by atoms with Crippen LogP contribution in [-0.2, 0) is 20.9 Å². The maximum absolute atomic E-state index is 12.8. The first-order chi connectivity index (χ1) is 14.3. The van der Waals surface area contributed by atoms with E-state index in [-0.39, 0.29) is 29.9 Å². The Morgan fingerprint density at radius 1 is 1.50 bits per heavy atom. The highest BCUT2D eigenvalue weighted by atomic mass is 32.2. The van der Waals surface area contributed by atoms with Crippen LogP contribution in [0.3, 0.4) is 0 Å². The molecule has 3 N–H and O–H groups in total. The number of aliphatic imine (C=N–C) groups is 1. The number of carbonyl (C=O) groups is 2. The molecule has 0 aliphatic carbocycles. The van der Waals surface area contributed by atoms with Crippen molar-refractivity contribution >= 4 is 35.7 Å². The summed E-state index contributed by atoms with van der Waals surface area (Å²) in [6.45, 7) is 1.95. The van der Waals surface area contributed by atoms with E-state index in [1.165, 1.54) is 47.3 Å². The molecule has 1 fully saturated rings. The Kier molecular flexibility index (Phi) is 6.73. The molecule has 0 saturated carbocycles. The minimum absolute atomic E-state index is 0.0550. The first-order valence-electron chi connectivity index (χ1n) is 9.32. The van der Waals surface area contributed by atoms with E-state index in [1.54, 1.807) is 6.92 Å². The van der Waals surface area contributed by atoms with Gasteiger partial charge in [0, 0.05) is 29.2 Å². The molecule has 0 spiro atoms. The summed E-state index contributed by atoms with van der Waals surface area (Å²) in [5, 5.41) is 20.6. The molecule has 0 aromatic heterocycles. The molecule has 2 aliphatic rings. The smallest absolute Gasteiger partial charge is 0.356 e. The zero-order valence-electron chi connectivity index (χ0n) is 16.3. The van der Waals surface area contributed by atoms with Crippen molar-refractivity contribution in [3.63, 3.8) is 0 Å². The zero-order valence-corrected chi connectivity index (χ0v) is 17.1. The topological polar surface area (TPSA) is 148 Å². The standard InChI is InChI=1S/C19H22N4O6S/c1-11(24)16-14-8-15(30-7-6-21-10-20)17(22(14)18(16)25)19(26)29-9-12-2-4-13(5-3-12)23(27)28/h2-5,10-11,14,16,24H,6-9H2,1H3,(H2,20,21)/t11-,14-,16-/m1/s1. The normalized spacial score (nSPS) is 21.5. The Labute approximate surface area is 176 Å². The van der Waals surface area contributed by atoms with Crippen LogP contribution in [0, 0.1) is 16.0 Å². The lowest BCUT2D eigenvalue weighted by molar-refractivity contribution is -0.384. The molecule has 1 saturated heterocycles. The van der Waals surface area contributed by atoms with Crippen LogP contribution in [0.5, 0.6) is 0 Å². The Hall–Kier alpha value is -2.92. The summed E-state index contributed by atoms with van der Waals surface area (Å²) in [4.78, 5) is 41.6. The van der Waals surface area contributed by atoms with Crippen molar-refractivity contribution in [2.75, 3.05) is 12.3 Å². The highest BCUT2D eigenvalue weighted by Crippen LogP contribution is 2.47. The van der Waals surface area contributed by atoms with Crippen molar-refractivity contribution in [3.05, 3.63) is 50.5 Å². The van der Waals surface area contributed by atoms with E-state index in [9.17, 15) is 24.8 Å². The van der Waals surface area contributed by atoms with Crippen LogP contribution in [0.1, 0.15) is 18.9 Å². The number of aliphatic hydroxyl groups is 1. The Balaban J connectivity index is 1.71. The number of non-ortho nitro benzene ring substituents is 1. The van der Waals surface area contributed by atoms with Gasteiger partial charge in [-0.05, 0) is 24.6 Å². The van der Waals surface area contributed by atoms with Gasteiger partial charge in [0.25, 0.3) is 5.69 Å². The number of esters is 1. The number of fused-ring (bicyclic) bond motifs is 1. The van der Waals surface area contributed by atoms with Crippen LogP contribution in [0.15, 0.2) is 39.9 Å². The number of nitro benzene ring substituents is 1. The van der Waals surface area contributed by atoms with Gasteiger partial charge in [-0.2, -0.15) is 0 Å². The molecule has 160 valence electrons. The average molecular weight is 434 g/mol. The van der Waals surface area contributed by atoms with Crippen molar-refractivity contribution in [2.24, 2.45) is 16.6 Å². The van der Waals surface area contributed by atoms with Crippen LogP contribution >= 0.6 is 11.8 Å². The molecule has 1 aromatic carbocycles. The molecule has 11 heteroatoms. The maximum atomic E-state index is 12.8. The fourth-order valence-electron chi connectivity index (χ4n) is 3.58. The molecule has 10 nitrogen and oxygen atoms in total. The van der Waals surface area contributed by atoms with Crippen LogP contribution in [0.4, 0.5) is 5.69 Å². The largest absolute Gasteiger partial charge is 0.456 e. The number of aliphatic hydroxyl groups excluding tert-OH is 1. The number of hydrogen-bond acceptors (Lipinski definition) is 8. The quantitative estimate of drug-likeness (QED) is 0.112. The first-order valence-corrected chi connectivity index (χ1v) is 10.3. The van der Waals surface area contributed by atoms with Gasteiger partial charge < -0.3 is 20.5 Å². The van der Waals surface area contributed by atoms with E-state index in [0.29, 0.717) is 24.3 Å². The van der Waals surface area contributed by atoms with Gasteiger partial charge in [0.2, 0.25) is 5.91 Å². The number of benzene rings is 1. The van der Waals surface area contributed by atoms with Gasteiger partial charge in [-0.15, -0.1) is 11.8 Å². The highest BCUT2D eigenvalue weighted by Gasteiger charge is 2.56. The van der Waals surface area contributed by atoms with Gasteiger partial charge in [-0.25, -0.2) is 4.79 Å². The van der Waals surface area contributed by atoms with Crippen LogP contribution < -0.4 is 5.73 Å². The molecular formula is C19H22N4O6S. The number of rotatable bonds is 9. The molecule has 1 aromatic rings. The number of thioether (sulfide) groups is 1. The van der Waals surface area contributed by atoms with Crippen LogP contribution in [0.2, 0.25) is 0 Å². The SMILES string of the molecule is C[C@@H](O)[C@H]1C(=O)N2C(C(=O)OCc3ccc([N+](=O)[O-])cc3)=C(SCCN=CN)C[C@H]12. The lowest BCUT2D eigenvalue weighted by Crippen LogP contribution is -2.61. The molecule has 3 atom stereocenters. The average Bonchev–Trinajstić information content (AvgIpc) is 3.03. The Morgan fingerprint density at radius 3 is 2.80 bits per heavy atom. The fourth-order valence-corrected chi connectivity index (χ4v) is 4.63. The van der Waals surface area contributed by atoms with Gasteiger partial charge in [0.1, 0.15) is 12.3 Å². The summed E-state index contributed by atoms with van der Waals surface area (Å²) < 4.78 is 5.38. The monoisotopic (exact) mass is 434 g/mol. The number of nitrogens with two attached hydrogens (primary N) is 1. The number of ether oxygens (including phenoxy) is 1. The zero-order chi connectivity index (χ0) is 21.8. The molecule has 3 rings (SSSR count). The molecule has 0 unspecified atom stereocenters.